The summed E-state index contributed by atoms with van der Waals surface area (Å²) < 4.78 is 26.4. The molecule has 0 amide bonds. The lowest BCUT2D eigenvalue weighted by Crippen LogP contribution is -2.49. The average molecular weight is 651 g/mol. The molecule has 0 aliphatic heterocycles. The minimum Gasteiger partial charge on any atom is -0.491 e. The van der Waals surface area contributed by atoms with Crippen molar-refractivity contribution in [3.8, 4) is 5.75 Å². The summed E-state index contributed by atoms with van der Waals surface area (Å²) in [5.74, 6) is 0.603. The first-order valence-electron chi connectivity index (χ1n) is 15.8. The van der Waals surface area contributed by atoms with Crippen LogP contribution in [0.25, 0.3) is 10.9 Å². The predicted octanol–water partition coefficient (Wildman–Crippen LogP) is 6.22. The fraction of sp³-hybridized carbons (Fsp3) is 0.719. The van der Waals surface area contributed by atoms with Crippen LogP contribution in [0.15, 0.2) is 24.3 Å². The van der Waals surface area contributed by atoms with Crippen LogP contribution in [-0.4, -0.2) is 93.9 Å². The lowest BCUT2D eigenvalue weighted by Gasteiger charge is -2.40. The van der Waals surface area contributed by atoms with E-state index in [0.29, 0.717) is 36.4 Å². The van der Waals surface area contributed by atoms with Gasteiger partial charge in [-0.2, -0.15) is 0 Å². The van der Waals surface area contributed by atoms with E-state index in [2.05, 4.69) is 79.6 Å². The first-order chi connectivity index (χ1) is 19.9. The van der Waals surface area contributed by atoms with E-state index >= 15 is 0 Å². The monoisotopic (exact) mass is 650 g/mol. The van der Waals surface area contributed by atoms with Crippen molar-refractivity contribution in [2.24, 2.45) is 0 Å². The van der Waals surface area contributed by atoms with Crippen molar-refractivity contribution < 1.29 is 33.2 Å². The predicted molar refractivity (Wildman–Crippen MR) is 186 cm³/mol. The van der Waals surface area contributed by atoms with Crippen LogP contribution in [-0.2, 0) is 13.6 Å². The van der Waals surface area contributed by atoms with E-state index in [1.54, 1.807) is 45.0 Å². The zero-order valence-electron chi connectivity index (χ0n) is 29.8. The molecule has 12 heteroatoms. The second-order valence-corrected chi connectivity index (χ2v) is 25.4. The molecule has 0 saturated carbocycles. The second-order valence-electron chi connectivity index (χ2n) is 15.8. The molecule has 1 aromatic heterocycles. The van der Waals surface area contributed by atoms with Crippen LogP contribution in [0, 0.1) is 0 Å². The molecule has 2 aromatic rings. The Kier molecular flexibility index (Phi) is 12.6. The number of benzene rings is 1. The van der Waals surface area contributed by atoms with Gasteiger partial charge in [0.1, 0.15) is 18.0 Å². The molecule has 0 fully saturated rings. The number of carbonyl (C=O) groups excluding carboxylic acids is 1. The van der Waals surface area contributed by atoms with E-state index in [9.17, 15) is 14.8 Å². The maximum Gasteiger partial charge on any atom is 0.506 e. The molecule has 0 aliphatic carbocycles. The maximum absolute atomic E-state index is 12.9. The molecule has 1 heterocycles. The molecule has 1 aromatic carbocycles. The van der Waals surface area contributed by atoms with Gasteiger partial charge in [0.15, 0.2) is 16.6 Å². The van der Waals surface area contributed by atoms with Gasteiger partial charge in [0.25, 0.3) is 0 Å². The van der Waals surface area contributed by atoms with Crippen molar-refractivity contribution in [3.63, 3.8) is 0 Å². The normalized spacial score (nSPS) is 14.3. The molecule has 250 valence electrons. The van der Waals surface area contributed by atoms with Gasteiger partial charge in [-0.3, -0.25) is 9.47 Å². The highest BCUT2D eigenvalue weighted by Crippen LogP contribution is 2.38. The molecule has 9 nitrogen and oxygen atoms in total. The molecule has 44 heavy (non-hydrogen) atoms. The van der Waals surface area contributed by atoms with E-state index in [0.717, 1.165) is 13.1 Å². The number of ether oxygens (including phenoxy) is 2. The number of aromatic nitrogens is 1. The Labute approximate surface area is 268 Å². The third-order valence-corrected chi connectivity index (χ3v) is 18.0. The van der Waals surface area contributed by atoms with Crippen LogP contribution in [0.1, 0.15) is 69.2 Å². The summed E-state index contributed by atoms with van der Waals surface area (Å²) in [5, 5.41) is 20.8. The lowest BCUT2D eigenvalue weighted by atomic mass is 9.86. The van der Waals surface area contributed by atoms with Crippen LogP contribution in [0.4, 0.5) is 4.79 Å². The molecule has 0 unspecified atom stereocenters. The van der Waals surface area contributed by atoms with E-state index in [-0.39, 0.29) is 21.8 Å². The first-order valence-corrected chi connectivity index (χ1v) is 21.6. The largest absolute Gasteiger partial charge is 0.506 e. The molecule has 0 bridgehead atoms. The fourth-order valence-corrected chi connectivity index (χ4v) is 6.59. The van der Waals surface area contributed by atoms with Crippen LogP contribution >= 0.6 is 0 Å². The fourth-order valence-electron chi connectivity index (χ4n) is 4.23. The van der Waals surface area contributed by atoms with Gasteiger partial charge in [0.05, 0.1) is 17.2 Å². The highest BCUT2D eigenvalue weighted by Gasteiger charge is 2.40. The topological polar surface area (TPSA) is 103 Å². The van der Waals surface area contributed by atoms with Crippen molar-refractivity contribution in [3.05, 3.63) is 24.3 Å². The molecule has 0 spiro atoms. The van der Waals surface area contributed by atoms with Crippen molar-refractivity contribution in [1.29, 1.82) is 0 Å². The highest BCUT2D eigenvalue weighted by molar-refractivity contribution is 6.74. The smallest absolute Gasteiger partial charge is 0.491 e. The summed E-state index contributed by atoms with van der Waals surface area (Å²) in [6, 6.07) is 6.89. The summed E-state index contributed by atoms with van der Waals surface area (Å²) in [5.41, 5.74) is -0.205. The average Bonchev–Trinajstić information content (AvgIpc) is 3.23. The first kappa shape index (κ1) is 38.5. The molecular formula is C32H59BN2O7Si2. The SMILES string of the molecule is CCN(CCO[Si](C)(C)C(C)(C)C)C[C@@H](COc1ccc2c(c1)cc(B(O)O)n2C(=O)OC(C)(C)C)O[Si](C)(C)C(C)(C)C. The maximum atomic E-state index is 12.9. The summed E-state index contributed by atoms with van der Waals surface area (Å²) in [4.78, 5) is 15.3. The van der Waals surface area contributed by atoms with Gasteiger partial charge >= 0.3 is 13.2 Å². The molecule has 0 radical (unpaired) electrons. The van der Waals surface area contributed by atoms with E-state index in [4.69, 9.17) is 18.3 Å². The molecule has 2 N–H and O–H groups in total. The van der Waals surface area contributed by atoms with Gasteiger partial charge in [-0.05, 0) is 87.8 Å². The Balaban J connectivity index is 2.28. The minimum atomic E-state index is -2.11. The Morgan fingerprint density at radius 1 is 0.955 bits per heavy atom. The molecule has 1 atom stereocenters. The Hall–Kier alpha value is -1.67. The summed E-state index contributed by atoms with van der Waals surface area (Å²) in [6.07, 6.45) is -0.843. The second kappa shape index (κ2) is 14.4. The molecule has 0 saturated heterocycles. The standard InChI is InChI=1S/C32H59BN2O7Si2/c1-15-34(18-19-40-43(11,12)31(5,6)7)22-26(42-44(13,14)32(8,9)10)23-39-25-16-17-27-24(20-25)21-28(33(37)38)35(27)29(36)41-30(2,3)4/h16-17,20-21,26,37-38H,15,18-19,22-23H2,1-14H3/t26-/m0/s1. The van der Waals surface area contributed by atoms with Crippen molar-refractivity contribution in [2.75, 3.05) is 32.8 Å². The third-order valence-electron chi connectivity index (χ3n) is 8.93. The zero-order chi connectivity index (χ0) is 33.9. The van der Waals surface area contributed by atoms with E-state index in [1.165, 1.54) is 4.57 Å². The zero-order valence-corrected chi connectivity index (χ0v) is 31.8. The van der Waals surface area contributed by atoms with Crippen molar-refractivity contribution in [2.45, 2.75) is 117 Å². The number of hydrogen-bond acceptors (Lipinski definition) is 8. The van der Waals surface area contributed by atoms with Crippen LogP contribution < -0.4 is 10.3 Å². The number of likely N-dealkylation sites (N-methyl/N-ethyl adjacent to an activating group) is 1. The summed E-state index contributed by atoms with van der Waals surface area (Å²) in [7, 11) is -5.79. The van der Waals surface area contributed by atoms with Crippen LogP contribution in [0.2, 0.25) is 36.3 Å². The van der Waals surface area contributed by atoms with Gasteiger partial charge in [-0.15, -0.1) is 0 Å². The molecular weight excluding hydrogens is 591 g/mol. The van der Waals surface area contributed by atoms with E-state index < -0.39 is 35.4 Å². The minimum absolute atomic E-state index is 0.0315. The Bertz CT molecular complexity index is 1240. The van der Waals surface area contributed by atoms with E-state index in [1.807, 2.05) is 0 Å². The van der Waals surface area contributed by atoms with Gasteiger partial charge in [0, 0.05) is 25.1 Å². The quantitative estimate of drug-likeness (QED) is 0.247. The Morgan fingerprint density at radius 2 is 1.55 bits per heavy atom. The number of rotatable bonds is 13. The number of fused-ring (bicyclic) bond motifs is 1. The number of nitrogens with zero attached hydrogens (tertiary/aromatic N) is 2. The van der Waals surface area contributed by atoms with Gasteiger partial charge in [-0.25, -0.2) is 4.79 Å². The molecule has 2 rings (SSSR count). The summed E-state index contributed by atoms with van der Waals surface area (Å²) in [6.45, 7) is 33.4. The summed E-state index contributed by atoms with van der Waals surface area (Å²) >= 11 is 0. The van der Waals surface area contributed by atoms with Crippen molar-refractivity contribution >= 4 is 46.3 Å². The van der Waals surface area contributed by atoms with Crippen LogP contribution in [0.3, 0.4) is 0 Å². The number of carbonyl (C=O) groups is 1. The highest BCUT2D eigenvalue weighted by atomic mass is 28.4. The van der Waals surface area contributed by atoms with Gasteiger partial charge < -0.3 is 28.4 Å². The van der Waals surface area contributed by atoms with Gasteiger partial charge in [-0.1, -0.05) is 48.5 Å². The van der Waals surface area contributed by atoms with Crippen LogP contribution in [0.5, 0.6) is 5.75 Å². The van der Waals surface area contributed by atoms with Crippen molar-refractivity contribution in [1.82, 2.24) is 9.47 Å². The Morgan fingerprint density at radius 3 is 2.05 bits per heavy atom. The third kappa shape index (κ3) is 10.4. The lowest BCUT2D eigenvalue weighted by molar-refractivity contribution is 0.0547. The molecule has 0 aliphatic rings. The van der Waals surface area contributed by atoms with Gasteiger partial charge in [0.2, 0.25) is 0 Å². The number of hydrogen-bond donors (Lipinski definition) is 2.